The molecule has 0 spiro atoms. The van der Waals surface area contributed by atoms with Crippen molar-refractivity contribution in [3.8, 4) is 0 Å². The predicted octanol–water partition coefficient (Wildman–Crippen LogP) is 3.16. The molecule has 130 valence electrons. The molecule has 3 heterocycles. The summed E-state index contributed by atoms with van der Waals surface area (Å²) in [6.45, 7) is 8.53. The molecule has 0 amide bonds. The quantitative estimate of drug-likeness (QED) is 0.746. The van der Waals surface area contributed by atoms with E-state index in [4.69, 9.17) is 9.47 Å². The number of ether oxygens (including phenoxy) is 2. The van der Waals surface area contributed by atoms with Crippen molar-refractivity contribution in [3.63, 3.8) is 0 Å². The van der Waals surface area contributed by atoms with E-state index < -0.39 is 6.35 Å². The zero-order valence-corrected chi connectivity index (χ0v) is 15.7. The summed E-state index contributed by atoms with van der Waals surface area (Å²) in [7, 11) is 0. The van der Waals surface area contributed by atoms with Crippen LogP contribution in [-0.2, 0) is 9.47 Å². The number of halogens is 1. The molecule has 0 radical (unpaired) electrons. The Hall–Kier alpha value is -1.71. The normalized spacial score (nSPS) is 18.2. The summed E-state index contributed by atoms with van der Waals surface area (Å²) < 4.78 is 15.7. The van der Waals surface area contributed by atoms with Crippen molar-refractivity contribution in [1.82, 2.24) is 24.5 Å². The van der Waals surface area contributed by atoms with Crippen LogP contribution in [-0.4, -0.2) is 37.3 Å². The Labute approximate surface area is 149 Å². The lowest BCUT2D eigenvalue weighted by atomic mass is 10.4. The lowest BCUT2D eigenvalue weighted by Crippen LogP contribution is -2.35. The fourth-order valence-corrected chi connectivity index (χ4v) is 2.83. The van der Waals surface area contributed by atoms with E-state index in [0.717, 1.165) is 11.5 Å². The number of anilines is 1. The van der Waals surface area contributed by atoms with Gasteiger partial charge in [-0.2, -0.15) is 9.78 Å². The third-order valence-electron chi connectivity index (χ3n) is 3.52. The van der Waals surface area contributed by atoms with Crippen LogP contribution < -0.4 is 4.90 Å². The summed E-state index contributed by atoms with van der Waals surface area (Å²) in [5, 5.41) is 8.78. The third-order valence-corrected chi connectivity index (χ3v) is 3.86. The summed E-state index contributed by atoms with van der Waals surface area (Å²) in [5.74, 6) is 0.735. The Kier molecular flexibility index (Phi) is 5.02. The van der Waals surface area contributed by atoms with Crippen molar-refractivity contribution in [3.05, 3.63) is 29.2 Å². The summed E-state index contributed by atoms with van der Waals surface area (Å²) in [5.41, 5.74) is 0.890. The molecule has 0 N–H and O–H groups in total. The molecule has 24 heavy (non-hydrogen) atoms. The van der Waals surface area contributed by atoms with Crippen molar-refractivity contribution in [2.24, 2.45) is 0 Å². The molecule has 0 bridgehead atoms. The van der Waals surface area contributed by atoms with E-state index in [1.165, 1.54) is 0 Å². The first-order valence-corrected chi connectivity index (χ1v) is 8.68. The highest BCUT2D eigenvalue weighted by atomic mass is 79.9. The van der Waals surface area contributed by atoms with Gasteiger partial charge < -0.3 is 9.47 Å². The van der Waals surface area contributed by atoms with Crippen LogP contribution >= 0.6 is 15.9 Å². The van der Waals surface area contributed by atoms with E-state index in [-0.39, 0.29) is 12.3 Å². The maximum absolute atomic E-state index is 6.06. The summed E-state index contributed by atoms with van der Waals surface area (Å²) in [6, 6.07) is 0. The molecule has 1 aliphatic heterocycles. The van der Waals surface area contributed by atoms with Crippen molar-refractivity contribution in [2.75, 3.05) is 11.5 Å². The Morgan fingerprint density at radius 3 is 2.83 bits per heavy atom. The maximum atomic E-state index is 6.06. The van der Waals surface area contributed by atoms with Gasteiger partial charge >= 0.3 is 0 Å². The van der Waals surface area contributed by atoms with Crippen molar-refractivity contribution >= 4 is 27.7 Å². The molecule has 8 nitrogen and oxygen atoms in total. The molecule has 0 saturated carbocycles. The van der Waals surface area contributed by atoms with Gasteiger partial charge in [0.25, 0.3) is 0 Å². The van der Waals surface area contributed by atoms with E-state index in [1.807, 2.05) is 51.1 Å². The molecule has 2 aromatic heterocycles. The second kappa shape index (κ2) is 7.04. The summed E-state index contributed by atoms with van der Waals surface area (Å²) in [4.78, 5) is 6.30. The van der Waals surface area contributed by atoms with Crippen LogP contribution in [0.3, 0.4) is 0 Å². The van der Waals surface area contributed by atoms with Crippen LogP contribution in [0.2, 0.25) is 0 Å². The molecule has 9 heteroatoms. The van der Waals surface area contributed by atoms with Crippen LogP contribution in [0, 0.1) is 0 Å². The number of fused-ring (bicyclic) bond motifs is 1. The van der Waals surface area contributed by atoms with Crippen LogP contribution in [0.5, 0.6) is 0 Å². The topological polar surface area (TPSA) is 70.2 Å². The highest BCUT2D eigenvalue weighted by molar-refractivity contribution is 9.10. The van der Waals surface area contributed by atoms with Gasteiger partial charge in [0.2, 0.25) is 11.1 Å². The standard InChI is InChI=1S/C15H21BrN6O2/c1-5-23-11(4)21-9-12(8-17-21)20-7-6-13-18-14(16)19-22(13)15(20)24-10(2)3/h6-11,15H,5H2,1-4H3. The van der Waals surface area contributed by atoms with Crippen LogP contribution in [0.1, 0.15) is 46.1 Å². The van der Waals surface area contributed by atoms with E-state index in [0.29, 0.717) is 11.3 Å². The largest absolute Gasteiger partial charge is 0.357 e. The van der Waals surface area contributed by atoms with Gasteiger partial charge in [-0.3, -0.25) is 4.90 Å². The Balaban J connectivity index is 1.91. The molecule has 1 aliphatic rings. The second-order valence-electron chi connectivity index (χ2n) is 5.65. The van der Waals surface area contributed by atoms with Gasteiger partial charge in [-0.1, -0.05) is 0 Å². The first kappa shape index (κ1) is 17.1. The Morgan fingerprint density at radius 2 is 2.12 bits per heavy atom. The molecular formula is C15H21BrN6O2. The molecule has 2 aromatic rings. The smallest absolute Gasteiger partial charge is 0.236 e. The fraction of sp³-hybridized carbons (Fsp3) is 0.533. The first-order chi connectivity index (χ1) is 11.5. The Bertz CT molecular complexity index is 725. The van der Waals surface area contributed by atoms with Crippen molar-refractivity contribution in [1.29, 1.82) is 0 Å². The van der Waals surface area contributed by atoms with Crippen LogP contribution in [0.15, 0.2) is 23.3 Å². The second-order valence-corrected chi connectivity index (χ2v) is 6.36. The molecule has 0 fully saturated rings. The van der Waals surface area contributed by atoms with E-state index >= 15 is 0 Å². The summed E-state index contributed by atoms with van der Waals surface area (Å²) in [6.07, 6.45) is 7.00. The first-order valence-electron chi connectivity index (χ1n) is 7.89. The highest BCUT2D eigenvalue weighted by Gasteiger charge is 2.29. The van der Waals surface area contributed by atoms with Crippen molar-refractivity contribution in [2.45, 2.75) is 46.4 Å². The molecule has 3 rings (SSSR count). The average Bonchev–Trinajstić information content (AvgIpc) is 3.13. The van der Waals surface area contributed by atoms with Gasteiger partial charge in [-0.05, 0) is 49.7 Å². The van der Waals surface area contributed by atoms with Gasteiger partial charge in [0.05, 0.1) is 24.2 Å². The minimum Gasteiger partial charge on any atom is -0.357 e. The SMILES string of the molecule is CCOC(C)n1cc(N2C=Cc3nc(Br)nn3C2OC(C)C)cn1. The zero-order valence-electron chi connectivity index (χ0n) is 14.1. The highest BCUT2D eigenvalue weighted by Crippen LogP contribution is 2.30. The third kappa shape index (κ3) is 3.38. The zero-order chi connectivity index (χ0) is 17.3. The number of rotatable bonds is 6. The number of nitrogens with zero attached hydrogens (tertiary/aromatic N) is 6. The minimum absolute atomic E-state index is 0.0252. The fourth-order valence-electron chi connectivity index (χ4n) is 2.48. The van der Waals surface area contributed by atoms with Crippen LogP contribution in [0.25, 0.3) is 6.08 Å². The van der Waals surface area contributed by atoms with Gasteiger partial charge in [0.1, 0.15) is 6.23 Å². The van der Waals surface area contributed by atoms with Gasteiger partial charge in [0.15, 0.2) is 5.82 Å². The molecule has 2 atom stereocenters. The average molecular weight is 397 g/mol. The van der Waals surface area contributed by atoms with Crippen LogP contribution in [0.4, 0.5) is 5.69 Å². The lowest BCUT2D eigenvalue weighted by molar-refractivity contribution is -0.0422. The van der Waals surface area contributed by atoms with Gasteiger partial charge in [-0.15, -0.1) is 5.10 Å². The van der Waals surface area contributed by atoms with Gasteiger partial charge in [0, 0.05) is 12.8 Å². The molecule has 0 aromatic carbocycles. The minimum atomic E-state index is -0.427. The Morgan fingerprint density at radius 1 is 1.33 bits per heavy atom. The monoisotopic (exact) mass is 396 g/mol. The molecular weight excluding hydrogens is 376 g/mol. The lowest BCUT2D eigenvalue weighted by Gasteiger charge is -2.33. The molecule has 2 unspecified atom stereocenters. The van der Waals surface area contributed by atoms with E-state index in [1.54, 1.807) is 15.6 Å². The maximum Gasteiger partial charge on any atom is 0.236 e. The predicted molar refractivity (Wildman–Crippen MR) is 93.1 cm³/mol. The number of hydrogen-bond donors (Lipinski definition) is 0. The molecule has 0 saturated heterocycles. The van der Waals surface area contributed by atoms with E-state index in [2.05, 4.69) is 31.1 Å². The van der Waals surface area contributed by atoms with E-state index in [9.17, 15) is 0 Å². The number of aromatic nitrogens is 5. The number of hydrogen-bond acceptors (Lipinski definition) is 6. The van der Waals surface area contributed by atoms with Crippen molar-refractivity contribution < 1.29 is 9.47 Å². The van der Waals surface area contributed by atoms with Gasteiger partial charge in [-0.25, -0.2) is 9.67 Å². The molecule has 0 aliphatic carbocycles. The summed E-state index contributed by atoms with van der Waals surface area (Å²) >= 11 is 3.32.